The van der Waals surface area contributed by atoms with Crippen molar-refractivity contribution in [1.29, 1.82) is 0 Å². The lowest BCUT2D eigenvalue weighted by atomic mass is 9.82. The molecule has 252 valence electrons. The molecule has 0 radical (unpaired) electrons. The molecule has 0 saturated carbocycles. The second kappa shape index (κ2) is 11.1. The van der Waals surface area contributed by atoms with Gasteiger partial charge in [0, 0.05) is 33.4 Å². The first-order valence-electron chi connectivity index (χ1n) is 18.1. The summed E-state index contributed by atoms with van der Waals surface area (Å²) >= 11 is 0. The van der Waals surface area contributed by atoms with Gasteiger partial charge in [-0.05, 0) is 88.5 Å². The van der Waals surface area contributed by atoms with Crippen LogP contribution in [0.1, 0.15) is 25.0 Å². The van der Waals surface area contributed by atoms with Crippen LogP contribution in [-0.2, 0) is 5.41 Å². The number of furan rings is 1. The highest BCUT2D eigenvalue weighted by Crippen LogP contribution is 2.54. The molecule has 5 nitrogen and oxygen atoms in total. The summed E-state index contributed by atoms with van der Waals surface area (Å²) in [6, 6.07) is 60.5. The Morgan fingerprint density at radius 3 is 2.17 bits per heavy atom. The minimum absolute atomic E-state index is 0.126. The van der Waals surface area contributed by atoms with Gasteiger partial charge in [0.15, 0.2) is 0 Å². The van der Waals surface area contributed by atoms with E-state index in [1.165, 1.54) is 33.4 Å². The predicted octanol–water partition coefficient (Wildman–Crippen LogP) is 12.6. The van der Waals surface area contributed by atoms with Crippen molar-refractivity contribution in [1.82, 2.24) is 14.0 Å². The molecule has 0 fully saturated rings. The monoisotopic (exact) mass is 682 g/mol. The van der Waals surface area contributed by atoms with E-state index in [9.17, 15) is 0 Å². The largest absolute Gasteiger partial charge is 0.437 e. The first-order valence-corrected chi connectivity index (χ1v) is 18.1. The van der Waals surface area contributed by atoms with Gasteiger partial charge in [-0.2, -0.15) is 0 Å². The molecule has 10 aromatic rings. The Morgan fingerprint density at radius 1 is 0.604 bits per heavy atom. The Bertz CT molecular complexity index is 3040. The minimum atomic E-state index is -0.126. The summed E-state index contributed by atoms with van der Waals surface area (Å²) in [5.74, 6) is 0.816. The van der Waals surface area contributed by atoms with Gasteiger partial charge in [0.25, 0.3) is 0 Å². The van der Waals surface area contributed by atoms with E-state index in [-0.39, 0.29) is 5.41 Å². The predicted molar refractivity (Wildman–Crippen MR) is 217 cm³/mol. The smallest absolute Gasteiger partial charge is 0.232 e. The van der Waals surface area contributed by atoms with Gasteiger partial charge in [0.05, 0.1) is 16.7 Å². The lowest BCUT2D eigenvalue weighted by molar-refractivity contribution is 0.651. The van der Waals surface area contributed by atoms with E-state index in [1.54, 1.807) is 0 Å². The average molecular weight is 683 g/mol. The van der Waals surface area contributed by atoms with E-state index >= 15 is 0 Å². The number of hydrogen-bond acceptors (Lipinski definition) is 3. The van der Waals surface area contributed by atoms with Gasteiger partial charge in [-0.3, -0.25) is 4.57 Å². The SMILES string of the molecule is CC1(C)c2ccccc2-c2c(N(c3cccc(-c4ccccc4)c3)c3ccc4c(c3)nc3n(-c5ccccc5)c5c6ccccc6oc5n43)cccc21. The van der Waals surface area contributed by atoms with Crippen LogP contribution in [-0.4, -0.2) is 14.0 Å². The maximum Gasteiger partial charge on any atom is 0.232 e. The van der Waals surface area contributed by atoms with Crippen molar-refractivity contribution in [2.75, 3.05) is 4.90 Å². The summed E-state index contributed by atoms with van der Waals surface area (Å²) < 4.78 is 11.0. The first-order chi connectivity index (χ1) is 26.1. The number of imidazole rings is 2. The van der Waals surface area contributed by atoms with Crippen LogP contribution in [0.3, 0.4) is 0 Å². The van der Waals surface area contributed by atoms with Crippen LogP contribution in [0.5, 0.6) is 0 Å². The van der Waals surface area contributed by atoms with Crippen molar-refractivity contribution in [3.05, 3.63) is 181 Å². The quantitative estimate of drug-likeness (QED) is 0.181. The van der Waals surface area contributed by atoms with Crippen molar-refractivity contribution in [2.24, 2.45) is 0 Å². The zero-order valence-electron chi connectivity index (χ0n) is 29.4. The number of anilines is 3. The number of rotatable bonds is 5. The van der Waals surface area contributed by atoms with E-state index in [4.69, 9.17) is 9.40 Å². The first kappa shape index (κ1) is 29.8. The zero-order chi connectivity index (χ0) is 35.3. The van der Waals surface area contributed by atoms with Crippen molar-refractivity contribution in [2.45, 2.75) is 19.3 Å². The molecule has 1 aliphatic carbocycles. The zero-order valence-corrected chi connectivity index (χ0v) is 29.4. The summed E-state index contributed by atoms with van der Waals surface area (Å²) in [7, 11) is 0. The van der Waals surface area contributed by atoms with E-state index in [2.05, 4.69) is 179 Å². The Hall–Kier alpha value is -6.85. The molecule has 0 saturated heterocycles. The molecule has 0 spiro atoms. The van der Waals surface area contributed by atoms with Gasteiger partial charge in [0.1, 0.15) is 11.1 Å². The van der Waals surface area contributed by atoms with Gasteiger partial charge in [-0.15, -0.1) is 0 Å². The fourth-order valence-corrected chi connectivity index (χ4v) is 8.66. The normalized spacial score (nSPS) is 13.2. The van der Waals surface area contributed by atoms with E-state index in [1.807, 2.05) is 18.2 Å². The van der Waals surface area contributed by atoms with Crippen molar-refractivity contribution in [3.63, 3.8) is 0 Å². The lowest BCUT2D eigenvalue weighted by Crippen LogP contribution is -2.16. The molecule has 3 heterocycles. The van der Waals surface area contributed by atoms with Crippen LogP contribution in [0.4, 0.5) is 17.1 Å². The molecule has 0 amide bonds. The summed E-state index contributed by atoms with van der Waals surface area (Å²) in [5.41, 5.74) is 16.3. The topological polar surface area (TPSA) is 38.6 Å². The highest BCUT2D eigenvalue weighted by atomic mass is 16.3. The third kappa shape index (κ3) is 4.28. The van der Waals surface area contributed by atoms with Crippen LogP contribution in [0.15, 0.2) is 174 Å². The van der Waals surface area contributed by atoms with Gasteiger partial charge < -0.3 is 9.32 Å². The Labute approximate surface area is 306 Å². The highest BCUT2D eigenvalue weighted by Gasteiger charge is 2.37. The fourth-order valence-electron chi connectivity index (χ4n) is 8.66. The van der Waals surface area contributed by atoms with E-state index in [0.717, 1.165) is 61.8 Å². The molecule has 0 unspecified atom stereocenters. The molecule has 53 heavy (non-hydrogen) atoms. The number of para-hydroxylation sites is 2. The summed E-state index contributed by atoms with van der Waals surface area (Å²) in [6.45, 7) is 4.68. The molecule has 0 N–H and O–H groups in total. The summed E-state index contributed by atoms with van der Waals surface area (Å²) in [4.78, 5) is 7.79. The van der Waals surface area contributed by atoms with Crippen LogP contribution in [0.25, 0.3) is 67.0 Å². The Kier molecular flexibility index (Phi) is 6.23. The number of aromatic nitrogens is 3. The highest BCUT2D eigenvalue weighted by molar-refractivity contribution is 6.06. The number of benzene rings is 7. The van der Waals surface area contributed by atoms with Crippen molar-refractivity contribution in [3.8, 4) is 27.9 Å². The van der Waals surface area contributed by atoms with Gasteiger partial charge in [0.2, 0.25) is 11.5 Å². The van der Waals surface area contributed by atoms with Crippen LogP contribution >= 0.6 is 0 Å². The van der Waals surface area contributed by atoms with Gasteiger partial charge in [-0.1, -0.05) is 123 Å². The van der Waals surface area contributed by atoms with Crippen molar-refractivity contribution < 1.29 is 4.42 Å². The second-order valence-corrected chi connectivity index (χ2v) is 14.5. The lowest BCUT2D eigenvalue weighted by Gasteiger charge is -2.29. The molecule has 0 aliphatic heterocycles. The molecular weight excluding hydrogens is 649 g/mol. The molecule has 3 aromatic heterocycles. The summed E-state index contributed by atoms with van der Waals surface area (Å²) in [5, 5.41) is 1.06. The molecule has 7 aromatic carbocycles. The van der Waals surface area contributed by atoms with Gasteiger partial charge in [-0.25, -0.2) is 9.38 Å². The van der Waals surface area contributed by atoms with Crippen molar-refractivity contribution >= 4 is 56.1 Å². The van der Waals surface area contributed by atoms with Crippen LogP contribution in [0.2, 0.25) is 0 Å². The number of hydrogen-bond donors (Lipinski definition) is 0. The molecule has 1 aliphatic rings. The third-order valence-corrected chi connectivity index (χ3v) is 11.1. The Morgan fingerprint density at radius 2 is 1.30 bits per heavy atom. The fraction of sp³-hybridized carbons (Fsp3) is 0.0625. The average Bonchev–Trinajstić information content (AvgIpc) is 3.91. The second-order valence-electron chi connectivity index (χ2n) is 14.5. The maximum atomic E-state index is 6.60. The number of nitrogens with zero attached hydrogens (tertiary/aromatic N) is 4. The molecular formula is C48H34N4O. The molecule has 0 bridgehead atoms. The van der Waals surface area contributed by atoms with Crippen LogP contribution in [0, 0.1) is 0 Å². The number of fused-ring (bicyclic) bond motifs is 10. The molecule has 5 heteroatoms. The standard InChI is InChI=1S/C48H34N4O/c1-48(2)38-23-11-9-21-36(38)44-39(48)24-14-25-42(44)50(34-20-13-17-32(29-34)31-15-5-3-6-16-31)35-27-28-41-40(30-35)49-47-51(33-18-7-4-8-19-33)45-37-22-10-12-26-43(37)53-46(45)52(41)47/h3-30H,1-2H3. The summed E-state index contributed by atoms with van der Waals surface area (Å²) in [6.07, 6.45) is 0. The van der Waals surface area contributed by atoms with E-state index in [0.29, 0.717) is 0 Å². The van der Waals surface area contributed by atoms with Gasteiger partial charge >= 0.3 is 0 Å². The van der Waals surface area contributed by atoms with Crippen LogP contribution < -0.4 is 4.90 Å². The maximum absolute atomic E-state index is 6.60. The molecule has 0 atom stereocenters. The minimum Gasteiger partial charge on any atom is -0.437 e. The van der Waals surface area contributed by atoms with E-state index < -0.39 is 0 Å². The third-order valence-electron chi connectivity index (χ3n) is 11.1. The molecule has 11 rings (SSSR count). The Balaban J connectivity index is 1.18.